The van der Waals surface area contributed by atoms with Crippen LogP contribution in [0.15, 0.2) is 78.9 Å². The zero-order valence-electron chi connectivity index (χ0n) is 27.9. The molecule has 47 heavy (non-hydrogen) atoms. The largest absolute Gasteiger partial charge is 0.497 e. The van der Waals surface area contributed by atoms with E-state index in [1.165, 1.54) is 7.11 Å². The number of morpholine rings is 1. The number of benzene rings is 3. The van der Waals surface area contributed by atoms with Crippen LogP contribution in [0.5, 0.6) is 11.5 Å². The zero-order valence-corrected chi connectivity index (χ0v) is 27.9. The second kappa shape index (κ2) is 18.4. The van der Waals surface area contributed by atoms with E-state index >= 15 is 0 Å². The van der Waals surface area contributed by atoms with Crippen LogP contribution in [0.1, 0.15) is 68.1 Å². The van der Waals surface area contributed by atoms with E-state index in [1.54, 1.807) is 19.1 Å². The Morgan fingerprint density at radius 3 is 1.77 bits per heavy atom. The van der Waals surface area contributed by atoms with E-state index in [0.717, 1.165) is 66.7 Å². The van der Waals surface area contributed by atoms with Crippen molar-refractivity contribution in [2.75, 3.05) is 47.6 Å². The van der Waals surface area contributed by atoms with Gasteiger partial charge in [0.05, 0.1) is 46.8 Å². The molecule has 9 heteroatoms. The van der Waals surface area contributed by atoms with Gasteiger partial charge < -0.3 is 33.7 Å². The van der Waals surface area contributed by atoms with E-state index in [1.807, 2.05) is 78.9 Å². The first kappa shape index (κ1) is 35.9. The molecule has 254 valence electrons. The molecule has 3 aromatic carbocycles. The summed E-state index contributed by atoms with van der Waals surface area (Å²) >= 11 is 0. The Kier molecular flexibility index (Phi) is 14.1. The lowest BCUT2D eigenvalue weighted by Gasteiger charge is -2.41. The number of hydrogen-bond donors (Lipinski definition) is 1. The molecule has 1 fully saturated rings. The summed E-state index contributed by atoms with van der Waals surface area (Å²) < 4.78 is 28.9. The summed E-state index contributed by atoms with van der Waals surface area (Å²) in [5.74, 6) is 1.36. The van der Waals surface area contributed by atoms with E-state index in [2.05, 4.69) is 4.74 Å². The lowest BCUT2D eigenvalue weighted by molar-refractivity contribution is -0.160. The van der Waals surface area contributed by atoms with Gasteiger partial charge in [0.25, 0.3) is 0 Å². The van der Waals surface area contributed by atoms with Crippen LogP contribution in [-0.2, 0) is 29.4 Å². The lowest BCUT2D eigenvalue weighted by Crippen LogP contribution is -2.53. The second-order valence-corrected chi connectivity index (χ2v) is 11.9. The fraction of sp³-hybridized carbons (Fsp3) is 0.474. The van der Waals surface area contributed by atoms with Gasteiger partial charge >= 0.3 is 5.97 Å². The molecule has 0 radical (unpaired) electrons. The van der Waals surface area contributed by atoms with Crippen LogP contribution >= 0.6 is 0 Å². The number of aliphatic hydroxyl groups excluding tert-OH is 1. The number of methoxy groups -OCH3 is 3. The summed E-state index contributed by atoms with van der Waals surface area (Å²) in [6, 6.07) is 25.7. The van der Waals surface area contributed by atoms with Crippen LogP contribution in [-0.4, -0.2) is 81.7 Å². The Hall–Kier alpha value is -3.92. The third-order valence-electron chi connectivity index (χ3n) is 8.70. The van der Waals surface area contributed by atoms with E-state index in [9.17, 15) is 14.7 Å². The Labute approximate surface area is 278 Å². The number of unbranched alkanes of at least 4 members (excludes halogenated alkanes) is 5. The summed E-state index contributed by atoms with van der Waals surface area (Å²) in [5.41, 5.74) is 1.73. The molecule has 1 saturated heterocycles. The molecule has 0 unspecified atom stereocenters. The minimum Gasteiger partial charge on any atom is -0.497 e. The van der Waals surface area contributed by atoms with Gasteiger partial charge in [0.2, 0.25) is 5.91 Å². The first-order chi connectivity index (χ1) is 22.9. The van der Waals surface area contributed by atoms with Crippen molar-refractivity contribution in [2.24, 2.45) is 0 Å². The van der Waals surface area contributed by atoms with Crippen molar-refractivity contribution in [3.63, 3.8) is 0 Å². The summed E-state index contributed by atoms with van der Waals surface area (Å²) in [4.78, 5) is 26.4. The maximum atomic E-state index is 13.3. The predicted molar refractivity (Wildman–Crippen MR) is 180 cm³/mol. The van der Waals surface area contributed by atoms with Gasteiger partial charge in [-0.15, -0.1) is 0 Å². The number of rotatable bonds is 18. The fourth-order valence-electron chi connectivity index (χ4n) is 6.13. The van der Waals surface area contributed by atoms with Crippen LogP contribution in [0.25, 0.3) is 0 Å². The summed E-state index contributed by atoms with van der Waals surface area (Å²) in [5, 5.41) is 10.1. The molecule has 4 rings (SSSR count). The molecular formula is C38H49NO8. The molecular weight excluding hydrogens is 598 g/mol. The van der Waals surface area contributed by atoms with Crippen molar-refractivity contribution >= 4 is 11.9 Å². The van der Waals surface area contributed by atoms with Crippen LogP contribution in [0.2, 0.25) is 0 Å². The minimum absolute atomic E-state index is 0.0575. The van der Waals surface area contributed by atoms with Crippen molar-refractivity contribution in [1.29, 1.82) is 0 Å². The normalized spacial score (nSPS) is 16.5. The summed E-state index contributed by atoms with van der Waals surface area (Å²) in [6.45, 7) is 0.713. The van der Waals surface area contributed by atoms with Gasteiger partial charge in [-0.05, 0) is 53.8 Å². The molecule has 3 aromatic rings. The number of aliphatic hydroxyl groups is 1. The van der Waals surface area contributed by atoms with Crippen molar-refractivity contribution in [1.82, 2.24) is 4.90 Å². The maximum Gasteiger partial charge on any atom is 0.305 e. The fourth-order valence-corrected chi connectivity index (χ4v) is 6.13. The molecule has 0 bridgehead atoms. The van der Waals surface area contributed by atoms with Crippen LogP contribution in [0.3, 0.4) is 0 Å². The number of hydrogen-bond acceptors (Lipinski definition) is 8. The average Bonchev–Trinajstić information content (AvgIpc) is 3.13. The first-order valence-electron chi connectivity index (χ1n) is 16.5. The third-order valence-corrected chi connectivity index (χ3v) is 8.70. The summed E-state index contributed by atoms with van der Waals surface area (Å²) in [7, 11) is 4.69. The molecule has 0 aromatic heterocycles. The van der Waals surface area contributed by atoms with E-state index < -0.39 is 17.8 Å². The van der Waals surface area contributed by atoms with Gasteiger partial charge in [-0.25, -0.2) is 0 Å². The minimum atomic E-state index is -1.01. The maximum absolute atomic E-state index is 13.3. The molecule has 1 aliphatic heterocycles. The molecule has 0 spiro atoms. The van der Waals surface area contributed by atoms with E-state index in [4.69, 9.17) is 18.9 Å². The van der Waals surface area contributed by atoms with Crippen molar-refractivity contribution in [2.45, 2.75) is 69.2 Å². The van der Waals surface area contributed by atoms with Gasteiger partial charge in [0.1, 0.15) is 17.1 Å². The number of ether oxygens (including phenoxy) is 5. The highest BCUT2D eigenvalue weighted by Crippen LogP contribution is 2.42. The highest BCUT2D eigenvalue weighted by molar-refractivity contribution is 5.76. The quantitative estimate of drug-likeness (QED) is 0.104. The van der Waals surface area contributed by atoms with Gasteiger partial charge in [0.15, 0.2) is 0 Å². The number of carbonyl (C=O) groups is 2. The number of esters is 1. The molecule has 1 N–H and O–H groups in total. The standard InChI is InChI=1S/C38H49NO8/c1-43-32-21-17-30(18-22-32)38(29-13-9-8-10-14-29,31-19-23-33(44-2)24-20-31)46-28-35-26-39(25-34(27-40)47-35)36(41)15-11-6-4-5-7-12-16-37(42)45-3/h8-10,13-14,17-24,34-35,40H,4-7,11-12,15-16,25-28H2,1-3H3/t34-,35-/m0/s1. The predicted octanol–water partition coefficient (Wildman–Crippen LogP) is 5.89. The Morgan fingerprint density at radius 2 is 1.23 bits per heavy atom. The molecule has 1 aliphatic rings. The van der Waals surface area contributed by atoms with Crippen LogP contribution in [0.4, 0.5) is 0 Å². The number of nitrogens with zero attached hydrogens (tertiary/aromatic N) is 1. The third kappa shape index (κ3) is 9.79. The number of carbonyl (C=O) groups excluding carboxylic acids is 2. The van der Waals surface area contributed by atoms with Gasteiger partial charge in [-0.1, -0.05) is 80.3 Å². The first-order valence-corrected chi connectivity index (χ1v) is 16.5. The highest BCUT2D eigenvalue weighted by atomic mass is 16.6. The molecule has 2 atom stereocenters. The molecule has 1 amide bonds. The zero-order chi connectivity index (χ0) is 33.5. The van der Waals surface area contributed by atoms with Crippen LogP contribution < -0.4 is 9.47 Å². The number of amides is 1. The van der Waals surface area contributed by atoms with E-state index in [0.29, 0.717) is 25.9 Å². The molecule has 1 heterocycles. The Bertz CT molecular complexity index is 1320. The monoisotopic (exact) mass is 647 g/mol. The van der Waals surface area contributed by atoms with Crippen molar-refractivity contribution in [3.8, 4) is 11.5 Å². The van der Waals surface area contributed by atoms with Gasteiger partial charge in [-0.2, -0.15) is 0 Å². The van der Waals surface area contributed by atoms with E-state index in [-0.39, 0.29) is 25.1 Å². The van der Waals surface area contributed by atoms with Gasteiger partial charge in [-0.3, -0.25) is 9.59 Å². The Balaban J connectivity index is 1.48. The lowest BCUT2D eigenvalue weighted by atomic mass is 9.80. The topological polar surface area (TPSA) is 104 Å². The van der Waals surface area contributed by atoms with Crippen molar-refractivity contribution < 1.29 is 38.4 Å². The average molecular weight is 648 g/mol. The Morgan fingerprint density at radius 1 is 0.723 bits per heavy atom. The second-order valence-electron chi connectivity index (χ2n) is 11.9. The van der Waals surface area contributed by atoms with Gasteiger partial charge in [0, 0.05) is 25.9 Å². The van der Waals surface area contributed by atoms with Crippen molar-refractivity contribution in [3.05, 3.63) is 95.6 Å². The molecule has 0 saturated carbocycles. The smallest absolute Gasteiger partial charge is 0.305 e. The summed E-state index contributed by atoms with van der Waals surface area (Å²) in [6.07, 6.45) is 5.56. The highest BCUT2D eigenvalue weighted by Gasteiger charge is 2.40. The SMILES string of the molecule is COC(=O)CCCCCCCCC(=O)N1C[C@@H](CO)O[C@H](COC(c2ccccc2)(c2ccc(OC)cc2)c2ccc(OC)cc2)C1. The molecule has 9 nitrogen and oxygen atoms in total. The molecule has 0 aliphatic carbocycles. The van der Waals surface area contributed by atoms with Crippen LogP contribution in [0, 0.1) is 0 Å².